The highest BCUT2D eigenvalue weighted by atomic mass is 35.5. The van der Waals surface area contributed by atoms with E-state index in [1.807, 2.05) is 17.5 Å². The molecule has 0 atom stereocenters. The van der Waals surface area contributed by atoms with Crippen molar-refractivity contribution in [1.29, 1.82) is 0 Å². The summed E-state index contributed by atoms with van der Waals surface area (Å²) in [6, 6.07) is 7.94. The van der Waals surface area contributed by atoms with Gasteiger partial charge >= 0.3 is 0 Å². The number of nitrogens with one attached hydrogen (secondary N) is 1. The standard InChI is InChI=1S/C17H13ClFN3OS/c18-12-2-1-3-13(19)16(12)17(23)21-9-6-15-22-14(10-24-15)11-4-7-20-8-5-11/h1-5,7-8,10H,6,9H2,(H,21,23). The molecular formula is C17H13ClFN3OS. The number of rotatable bonds is 5. The van der Waals surface area contributed by atoms with Gasteiger partial charge in [0.15, 0.2) is 0 Å². The van der Waals surface area contributed by atoms with E-state index in [0.717, 1.165) is 16.3 Å². The number of nitrogens with zero attached hydrogens (tertiary/aromatic N) is 2. The average molecular weight is 362 g/mol. The molecule has 2 heterocycles. The molecule has 0 aliphatic carbocycles. The number of pyridine rings is 1. The number of hydrogen-bond donors (Lipinski definition) is 1. The average Bonchev–Trinajstić information content (AvgIpc) is 3.04. The van der Waals surface area contributed by atoms with Crippen molar-refractivity contribution in [3.8, 4) is 11.3 Å². The molecule has 0 unspecified atom stereocenters. The van der Waals surface area contributed by atoms with Crippen molar-refractivity contribution in [2.45, 2.75) is 6.42 Å². The highest BCUT2D eigenvalue weighted by Crippen LogP contribution is 2.21. The molecule has 7 heteroatoms. The van der Waals surface area contributed by atoms with Crippen molar-refractivity contribution >= 4 is 28.8 Å². The quantitative estimate of drug-likeness (QED) is 0.748. The SMILES string of the molecule is O=C(NCCc1nc(-c2ccncc2)cs1)c1c(F)cccc1Cl. The molecule has 0 radical (unpaired) electrons. The molecule has 1 amide bonds. The molecule has 2 aromatic heterocycles. The Morgan fingerprint density at radius 2 is 2.04 bits per heavy atom. The Labute approximate surface area is 147 Å². The number of halogens is 2. The van der Waals surface area contributed by atoms with Gasteiger partial charge in [-0.1, -0.05) is 17.7 Å². The first-order valence-electron chi connectivity index (χ1n) is 7.22. The summed E-state index contributed by atoms with van der Waals surface area (Å²) in [7, 11) is 0. The maximum atomic E-state index is 13.7. The van der Waals surface area contributed by atoms with Crippen LogP contribution < -0.4 is 5.32 Å². The van der Waals surface area contributed by atoms with Crippen LogP contribution in [0.3, 0.4) is 0 Å². The monoisotopic (exact) mass is 361 g/mol. The first-order chi connectivity index (χ1) is 11.6. The molecule has 1 aromatic carbocycles. The van der Waals surface area contributed by atoms with Crippen molar-refractivity contribution in [2.75, 3.05) is 6.54 Å². The molecule has 0 aliphatic heterocycles. The van der Waals surface area contributed by atoms with Crippen LogP contribution in [0.2, 0.25) is 5.02 Å². The molecule has 0 fully saturated rings. The predicted molar refractivity (Wildman–Crippen MR) is 92.8 cm³/mol. The van der Waals surface area contributed by atoms with E-state index in [0.29, 0.717) is 13.0 Å². The first kappa shape index (κ1) is 16.5. The lowest BCUT2D eigenvalue weighted by Crippen LogP contribution is -2.26. The number of thiazole rings is 1. The zero-order valence-corrected chi connectivity index (χ0v) is 14.1. The second kappa shape index (κ2) is 7.51. The van der Waals surface area contributed by atoms with Gasteiger partial charge in [-0.2, -0.15) is 0 Å². The van der Waals surface area contributed by atoms with E-state index in [9.17, 15) is 9.18 Å². The number of benzene rings is 1. The van der Waals surface area contributed by atoms with Gasteiger partial charge in [0.2, 0.25) is 0 Å². The van der Waals surface area contributed by atoms with Crippen LogP contribution in [-0.2, 0) is 6.42 Å². The fraction of sp³-hybridized carbons (Fsp3) is 0.118. The molecule has 0 saturated heterocycles. The Bertz CT molecular complexity index is 834. The van der Waals surface area contributed by atoms with E-state index >= 15 is 0 Å². The Morgan fingerprint density at radius 3 is 2.79 bits per heavy atom. The van der Waals surface area contributed by atoms with E-state index in [1.165, 1.54) is 29.5 Å². The molecule has 0 bridgehead atoms. The highest BCUT2D eigenvalue weighted by Gasteiger charge is 2.15. The third kappa shape index (κ3) is 3.77. The van der Waals surface area contributed by atoms with Crippen LogP contribution >= 0.6 is 22.9 Å². The number of amides is 1. The normalized spacial score (nSPS) is 10.6. The van der Waals surface area contributed by atoms with Crippen molar-refractivity contribution in [3.63, 3.8) is 0 Å². The maximum Gasteiger partial charge on any atom is 0.255 e. The van der Waals surface area contributed by atoms with Gasteiger partial charge in [0.1, 0.15) is 5.82 Å². The molecule has 0 aliphatic rings. The summed E-state index contributed by atoms with van der Waals surface area (Å²) in [5.74, 6) is -1.15. The van der Waals surface area contributed by atoms with Gasteiger partial charge in [0.05, 0.1) is 21.3 Å². The van der Waals surface area contributed by atoms with Crippen LogP contribution in [0.15, 0.2) is 48.1 Å². The molecular weight excluding hydrogens is 349 g/mol. The molecule has 1 N–H and O–H groups in total. The Kier molecular flexibility index (Phi) is 5.17. The van der Waals surface area contributed by atoms with Gasteiger partial charge in [-0.05, 0) is 24.3 Å². The summed E-state index contributed by atoms with van der Waals surface area (Å²) < 4.78 is 13.7. The van der Waals surface area contributed by atoms with Crippen LogP contribution in [0.5, 0.6) is 0 Å². The van der Waals surface area contributed by atoms with Crippen LogP contribution in [0, 0.1) is 5.82 Å². The van der Waals surface area contributed by atoms with Gasteiger partial charge < -0.3 is 5.32 Å². The van der Waals surface area contributed by atoms with Crippen molar-refractivity contribution in [3.05, 3.63) is 69.5 Å². The van der Waals surface area contributed by atoms with Crippen LogP contribution in [0.1, 0.15) is 15.4 Å². The molecule has 122 valence electrons. The van der Waals surface area contributed by atoms with Crippen LogP contribution in [0.4, 0.5) is 4.39 Å². The smallest absolute Gasteiger partial charge is 0.255 e. The van der Waals surface area contributed by atoms with Crippen LogP contribution in [0.25, 0.3) is 11.3 Å². The predicted octanol–water partition coefficient (Wildman–Crippen LogP) is 3.97. The third-order valence-electron chi connectivity index (χ3n) is 3.34. The highest BCUT2D eigenvalue weighted by molar-refractivity contribution is 7.09. The third-order valence-corrected chi connectivity index (χ3v) is 4.57. The van der Waals surface area contributed by atoms with Crippen molar-refractivity contribution in [1.82, 2.24) is 15.3 Å². The van der Waals surface area contributed by atoms with Crippen molar-refractivity contribution < 1.29 is 9.18 Å². The molecule has 0 saturated carbocycles. The minimum atomic E-state index is -0.630. The summed E-state index contributed by atoms with van der Waals surface area (Å²) in [5.41, 5.74) is 1.74. The van der Waals surface area contributed by atoms with E-state index in [1.54, 1.807) is 12.4 Å². The van der Waals surface area contributed by atoms with Crippen LogP contribution in [-0.4, -0.2) is 22.4 Å². The summed E-state index contributed by atoms with van der Waals surface area (Å²) in [5, 5.41) is 5.62. The van der Waals surface area contributed by atoms with Gasteiger partial charge in [0.25, 0.3) is 5.91 Å². The van der Waals surface area contributed by atoms with E-state index in [-0.39, 0.29) is 10.6 Å². The minimum Gasteiger partial charge on any atom is -0.351 e. The van der Waals surface area contributed by atoms with Gasteiger partial charge in [-0.3, -0.25) is 9.78 Å². The summed E-state index contributed by atoms with van der Waals surface area (Å²) in [6.07, 6.45) is 3.99. The maximum absolute atomic E-state index is 13.7. The Hall–Kier alpha value is -2.31. The number of hydrogen-bond acceptors (Lipinski definition) is 4. The van der Waals surface area contributed by atoms with E-state index in [2.05, 4.69) is 15.3 Å². The summed E-state index contributed by atoms with van der Waals surface area (Å²) in [4.78, 5) is 20.5. The largest absolute Gasteiger partial charge is 0.351 e. The molecule has 3 aromatic rings. The Balaban J connectivity index is 1.59. The van der Waals surface area contributed by atoms with Gasteiger partial charge in [-0.15, -0.1) is 11.3 Å². The lowest BCUT2D eigenvalue weighted by Gasteiger charge is -2.06. The zero-order valence-electron chi connectivity index (χ0n) is 12.5. The number of carbonyl (C=O) groups excluding carboxylic acids is 1. The Morgan fingerprint density at radius 1 is 1.25 bits per heavy atom. The van der Waals surface area contributed by atoms with E-state index < -0.39 is 11.7 Å². The molecule has 24 heavy (non-hydrogen) atoms. The topological polar surface area (TPSA) is 54.9 Å². The minimum absolute atomic E-state index is 0.0988. The van der Waals surface area contributed by atoms with E-state index in [4.69, 9.17) is 11.6 Å². The fourth-order valence-electron chi connectivity index (χ4n) is 2.17. The number of carbonyl (C=O) groups is 1. The lowest BCUT2D eigenvalue weighted by molar-refractivity contribution is 0.0950. The lowest BCUT2D eigenvalue weighted by atomic mass is 10.2. The van der Waals surface area contributed by atoms with Crippen molar-refractivity contribution in [2.24, 2.45) is 0 Å². The second-order valence-corrected chi connectivity index (χ2v) is 6.31. The zero-order chi connectivity index (χ0) is 16.9. The van der Waals surface area contributed by atoms with Gasteiger partial charge in [0, 0.05) is 36.3 Å². The number of aromatic nitrogens is 2. The molecule has 4 nitrogen and oxygen atoms in total. The summed E-state index contributed by atoms with van der Waals surface area (Å²) >= 11 is 7.39. The fourth-order valence-corrected chi connectivity index (χ4v) is 3.22. The second-order valence-electron chi connectivity index (χ2n) is 4.96. The molecule has 0 spiro atoms. The first-order valence-corrected chi connectivity index (χ1v) is 8.48. The molecule has 3 rings (SSSR count). The summed E-state index contributed by atoms with van der Waals surface area (Å²) in [6.45, 7) is 0.354. The van der Waals surface area contributed by atoms with Gasteiger partial charge in [-0.25, -0.2) is 9.37 Å².